The molecule has 1 fully saturated rings. The summed E-state index contributed by atoms with van der Waals surface area (Å²) < 4.78 is 55.5. The molecule has 0 radical (unpaired) electrons. The minimum absolute atomic E-state index is 0.107. The maximum Gasteiger partial charge on any atom is 0.150 e. The van der Waals surface area contributed by atoms with Crippen LogP contribution in [0.3, 0.4) is 0 Å². The summed E-state index contributed by atoms with van der Waals surface area (Å²) in [4.78, 5) is 0. The lowest BCUT2D eigenvalue weighted by Crippen LogP contribution is -2.62. The van der Waals surface area contributed by atoms with Crippen molar-refractivity contribution in [2.24, 2.45) is 0 Å². The van der Waals surface area contributed by atoms with E-state index in [9.17, 15) is 8.42 Å². The Kier molecular flexibility index (Phi) is 16.0. The van der Waals surface area contributed by atoms with Crippen LogP contribution in [0.25, 0.3) is 0 Å². The molecule has 5 unspecified atom stereocenters. The van der Waals surface area contributed by atoms with E-state index in [2.05, 4.69) is 27.7 Å². The molecule has 7 nitrogen and oxygen atoms in total. The van der Waals surface area contributed by atoms with Crippen molar-refractivity contribution in [3.05, 3.63) is 0 Å². The van der Waals surface area contributed by atoms with Crippen LogP contribution in [0.5, 0.6) is 0 Å². The van der Waals surface area contributed by atoms with Gasteiger partial charge in [0.2, 0.25) is 0 Å². The van der Waals surface area contributed by atoms with Gasteiger partial charge in [0.15, 0.2) is 0 Å². The van der Waals surface area contributed by atoms with Crippen LogP contribution in [-0.4, -0.2) is 84.0 Å². The Bertz CT molecular complexity index is 555. The quantitative estimate of drug-likeness (QED) is 0.257. The Labute approximate surface area is 196 Å². The number of rotatable bonds is 19. The molecule has 0 spiro atoms. The number of ether oxygens (including phenoxy) is 5. The van der Waals surface area contributed by atoms with Crippen molar-refractivity contribution >= 4 is 9.84 Å². The molecule has 0 aromatic heterocycles. The molecule has 0 aromatic rings. The summed E-state index contributed by atoms with van der Waals surface area (Å²) in [7, 11) is -3.27. The van der Waals surface area contributed by atoms with Gasteiger partial charge < -0.3 is 23.7 Å². The first kappa shape index (κ1) is 29.8. The van der Waals surface area contributed by atoms with Gasteiger partial charge >= 0.3 is 0 Å². The predicted octanol–water partition coefficient (Wildman–Crippen LogP) is 4.17. The molecule has 0 amide bonds. The molecule has 8 heteroatoms. The average molecular weight is 481 g/mol. The van der Waals surface area contributed by atoms with Crippen LogP contribution in [-0.2, 0) is 33.5 Å². The highest BCUT2D eigenvalue weighted by Gasteiger charge is 2.48. The second-order valence-corrected chi connectivity index (χ2v) is 11.0. The zero-order chi connectivity index (χ0) is 23.8. The summed E-state index contributed by atoms with van der Waals surface area (Å²) in [5.41, 5.74) is 0. The molecule has 0 bridgehead atoms. The monoisotopic (exact) mass is 480 g/mol. The summed E-state index contributed by atoms with van der Waals surface area (Å²) in [5, 5.41) is 0. The second-order valence-electron chi connectivity index (χ2n) is 8.80. The first-order valence-electron chi connectivity index (χ1n) is 12.6. The summed E-state index contributed by atoms with van der Waals surface area (Å²) in [5.74, 6) is -0.107. The standard InChI is InChI=1S/C24H48O7S/c1-6-10-14-27-18-20-22(28-15-11-7-2)24(30-17-13-9-4)23(29-16-12-8-3)21(31-20)19-32(5,25)26/h20-24H,6-19H2,1-5H3. The largest absolute Gasteiger partial charge is 0.379 e. The summed E-state index contributed by atoms with van der Waals surface area (Å²) >= 11 is 0. The lowest BCUT2D eigenvalue weighted by Gasteiger charge is -2.46. The molecule has 32 heavy (non-hydrogen) atoms. The Morgan fingerprint density at radius 3 is 1.56 bits per heavy atom. The molecule has 1 aliphatic heterocycles. The van der Waals surface area contributed by atoms with Crippen LogP contribution in [0, 0.1) is 0 Å². The average Bonchev–Trinajstić information content (AvgIpc) is 2.73. The zero-order valence-corrected chi connectivity index (χ0v) is 21.9. The van der Waals surface area contributed by atoms with Crippen molar-refractivity contribution in [3.8, 4) is 0 Å². The van der Waals surface area contributed by atoms with Gasteiger partial charge in [0.25, 0.3) is 0 Å². The highest BCUT2D eigenvalue weighted by molar-refractivity contribution is 7.90. The Balaban J connectivity index is 3.14. The summed E-state index contributed by atoms with van der Waals surface area (Å²) in [6, 6.07) is 0. The van der Waals surface area contributed by atoms with Gasteiger partial charge in [-0.05, 0) is 25.7 Å². The minimum Gasteiger partial charge on any atom is -0.379 e. The lowest BCUT2D eigenvalue weighted by atomic mass is 9.94. The number of sulfone groups is 1. The van der Waals surface area contributed by atoms with Crippen LogP contribution in [0.2, 0.25) is 0 Å². The van der Waals surface area contributed by atoms with Crippen molar-refractivity contribution in [2.45, 2.75) is 110 Å². The van der Waals surface area contributed by atoms with E-state index in [0.29, 0.717) is 33.0 Å². The first-order chi connectivity index (χ1) is 15.4. The molecule has 192 valence electrons. The van der Waals surface area contributed by atoms with Crippen LogP contribution in [0.4, 0.5) is 0 Å². The second kappa shape index (κ2) is 17.2. The van der Waals surface area contributed by atoms with Crippen molar-refractivity contribution < 1.29 is 32.1 Å². The van der Waals surface area contributed by atoms with Crippen LogP contribution < -0.4 is 0 Å². The summed E-state index contributed by atoms with van der Waals surface area (Å²) in [6.45, 7) is 11.2. The Morgan fingerprint density at radius 2 is 1.09 bits per heavy atom. The SMILES string of the molecule is CCCCOCC1OC(CS(C)(=O)=O)C(OCCCC)C(OCCCC)C1OCCCC. The van der Waals surface area contributed by atoms with Crippen LogP contribution >= 0.6 is 0 Å². The first-order valence-corrected chi connectivity index (χ1v) is 14.7. The molecule has 1 rings (SSSR count). The van der Waals surface area contributed by atoms with Gasteiger partial charge in [-0.2, -0.15) is 0 Å². The highest BCUT2D eigenvalue weighted by atomic mass is 32.2. The molecule has 1 heterocycles. The molecule has 0 aliphatic carbocycles. The van der Waals surface area contributed by atoms with Crippen LogP contribution in [0.1, 0.15) is 79.1 Å². The van der Waals surface area contributed by atoms with E-state index >= 15 is 0 Å². The number of hydrogen-bond acceptors (Lipinski definition) is 7. The summed E-state index contributed by atoms with van der Waals surface area (Å²) in [6.07, 6.45) is 6.81. The van der Waals surface area contributed by atoms with E-state index in [1.807, 2.05) is 0 Å². The molecule has 5 atom stereocenters. The van der Waals surface area contributed by atoms with Gasteiger partial charge in [0.05, 0.1) is 12.4 Å². The van der Waals surface area contributed by atoms with Crippen molar-refractivity contribution in [1.29, 1.82) is 0 Å². The fourth-order valence-electron chi connectivity index (χ4n) is 3.69. The number of hydrogen-bond donors (Lipinski definition) is 0. The maximum absolute atomic E-state index is 12.2. The zero-order valence-electron chi connectivity index (χ0n) is 21.1. The molecule has 0 saturated carbocycles. The molecular weight excluding hydrogens is 432 g/mol. The van der Waals surface area contributed by atoms with Gasteiger partial charge in [-0.3, -0.25) is 0 Å². The maximum atomic E-state index is 12.2. The van der Waals surface area contributed by atoms with E-state index in [1.54, 1.807) is 0 Å². The predicted molar refractivity (Wildman–Crippen MR) is 128 cm³/mol. The van der Waals surface area contributed by atoms with E-state index in [-0.39, 0.29) is 11.9 Å². The third kappa shape index (κ3) is 11.7. The fraction of sp³-hybridized carbons (Fsp3) is 1.00. The van der Waals surface area contributed by atoms with E-state index < -0.39 is 34.3 Å². The van der Waals surface area contributed by atoms with Crippen molar-refractivity contribution in [1.82, 2.24) is 0 Å². The number of unbranched alkanes of at least 4 members (excludes halogenated alkanes) is 4. The van der Waals surface area contributed by atoms with Gasteiger partial charge in [-0.1, -0.05) is 53.4 Å². The van der Waals surface area contributed by atoms with Crippen molar-refractivity contribution in [3.63, 3.8) is 0 Å². The Morgan fingerprint density at radius 1 is 0.656 bits per heavy atom. The Hall–Kier alpha value is -0.250. The van der Waals surface area contributed by atoms with Gasteiger partial charge in [-0.15, -0.1) is 0 Å². The third-order valence-corrected chi connectivity index (χ3v) is 6.48. The third-order valence-electron chi connectivity index (χ3n) is 5.55. The van der Waals surface area contributed by atoms with E-state index in [1.165, 1.54) is 6.26 Å². The van der Waals surface area contributed by atoms with E-state index in [4.69, 9.17) is 23.7 Å². The van der Waals surface area contributed by atoms with Gasteiger partial charge in [0.1, 0.15) is 40.4 Å². The van der Waals surface area contributed by atoms with Gasteiger partial charge in [0, 0.05) is 32.7 Å². The minimum atomic E-state index is -3.27. The van der Waals surface area contributed by atoms with Crippen LogP contribution in [0.15, 0.2) is 0 Å². The molecule has 0 N–H and O–H groups in total. The van der Waals surface area contributed by atoms with E-state index in [0.717, 1.165) is 51.4 Å². The fourth-order valence-corrected chi connectivity index (χ4v) is 4.55. The normalized spacial score (nSPS) is 26.5. The highest BCUT2D eigenvalue weighted by Crippen LogP contribution is 2.30. The topological polar surface area (TPSA) is 80.3 Å². The molecule has 0 aromatic carbocycles. The molecule has 1 aliphatic rings. The van der Waals surface area contributed by atoms with Crippen molar-refractivity contribution in [2.75, 3.05) is 45.0 Å². The van der Waals surface area contributed by atoms with Gasteiger partial charge in [-0.25, -0.2) is 8.42 Å². The molecule has 1 saturated heterocycles. The molecular formula is C24H48O7S. The smallest absolute Gasteiger partial charge is 0.150 e. The lowest BCUT2D eigenvalue weighted by molar-refractivity contribution is -0.261.